The molecule has 0 fully saturated rings. The third-order valence-corrected chi connectivity index (χ3v) is 3.38. The van der Waals surface area contributed by atoms with E-state index in [4.69, 9.17) is 4.74 Å². The number of benzene rings is 1. The summed E-state index contributed by atoms with van der Waals surface area (Å²) in [5.74, 6) is -0.0216. The van der Waals surface area contributed by atoms with Crippen LogP contribution in [0.2, 0.25) is 0 Å². The van der Waals surface area contributed by atoms with Crippen molar-refractivity contribution >= 4 is 5.97 Å². The number of carboxylic acid groups (broad SMARTS) is 1. The molecule has 0 spiro atoms. The molecule has 2 rings (SSSR count). The molecule has 106 valence electrons. The van der Waals surface area contributed by atoms with Crippen LogP contribution >= 0.6 is 0 Å². The molecule has 0 bridgehead atoms. The minimum absolute atomic E-state index is 0.541. The molecule has 1 aromatic carbocycles. The van der Waals surface area contributed by atoms with E-state index >= 15 is 0 Å². The molecule has 1 atom stereocenters. The van der Waals surface area contributed by atoms with E-state index in [9.17, 15) is 9.90 Å². The van der Waals surface area contributed by atoms with E-state index in [2.05, 4.69) is 0 Å². The maximum atomic E-state index is 11.4. The van der Waals surface area contributed by atoms with E-state index in [-0.39, 0.29) is 0 Å². The Morgan fingerprint density at radius 3 is 2.50 bits per heavy atom. The summed E-state index contributed by atoms with van der Waals surface area (Å²) in [4.78, 5) is 11.4. The number of aryl methyl sites for hydroxylation is 1. The Morgan fingerprint density at radius 2 is 2.00 bits per heavy atom. The minimum atomic E-state index is -0.808. The Labute approximate surface area is 118 Å². The molecule has 2 aromatic rings. The Morgan fingerprint density at radius 1 is 1.35 bits per heavy atom. The molecule has 1 aromatic heterocycles. The molecular formula is C16H19NO3. The first-order valence-corrected chi connectivity index (χ1v) is 6.62. The van der Waals surface area contributed by atoms with Gasteiger partial charge in [-0.05, 0) is 54.8 Å². The average Bonchev–Trinajstić information content (AvgIpc) is 2.81. The van der Waals surface area contributed by atoms with Crippen molar-refractivity contribution in [2.75, 3.05) is 7.11 Å². The number of carboxylic acids is 1. The van der Waals surface area contributed by atoms with E-state index in [0.29, 0.717) is 6.42 Å². The molecule has 0 aliphatic carbocycles. The maximum Gasteiger partial charge on any atom is 0.326 e. The molecule has 1 heterocycles. The maximum absolute atomic E-state index is 11.4. The Hall–Kier alpha value is -2.23. The molecule has 4 nitrogen and oxygen atoms in total. The van der Waals surface area contributed by atoms with Gasteiger partial charge >= 0.3 is 5.97 Å². The van der Waals surface area contributed by atoms with Crippen LogP contribution in [0.25, 0.3) is 11.3 Å². The quantitative estimate of drug-likeness (QED) is 0.907. The topological polar surface area (TPSA) is 51.5 Å². The number of rotatable bonds is 5. The molecule has 20 heavy (non-hydrogen) atoms. The smallest absolute Gasteiger partial charge is 0.326 e. The predicted molar refractivity (Wildman–Crippen MR) is 78.1 cm³/mol. The highest BCUT2D eigenvalue weighted by atomic mass is 16.5. The fourth-order valence-corrected chi connectivity index (χ4v) is 2.36. The molecule has 1 N–H and O–H groups in total. The molecule has 0 saturated heterocycles. The van der Waals surface area contributed by atoms with Crippen molar-refractivity contribution in [3.63, 3.8) is 0 Å². The van der Waals surface area contributed by atoms with Crippen LogP contribution in [0.5, 0.6) is 5.75 Å². The SMILES string of the molecule is CCC(C(=O)O)n1cc(C)cc1-c1ccc(OC)cc1. The third kappa shape index (κ3) is 2.69. The zero-order valence-corrected chi connectivity index (χ0v) is 12.0. The number of nitrogens with zero attached hydrogens (tertiary/aromatic N) is 1. The van der Waals surface area contributed by atoms with Gasteiger partial charge in [0, 0.05) is 11.9 Å². The highest BCUT2D eigenvalue weighted by Crippen LogP contribution is 2.28. The van der Waals surface area contributed by atoms with Gasteiger partial charge in [-0.2, -0.15) is 0 Å². The van der Waals surface area contributed by atoms with E-state index in [1.165, 1.54) is 0 Å². The highest BCUT2D eigenvalue weighted by molar-refractivity contribution is 5.74. The van der Waals surface area contributed by atoms with E-state index in [1.807, 2.05) is 54.9 Å². The van der Waals surface area contributed by atoms with Gasteiger partial charge < -0.3 is 14.4 Å². The van der Waals surface area contributed by atoms with Crippen molar-refractivity contribution < 1.29 is 14.6 Å². The minimum Gasteiger partial charge on any atom is -0.497 e. The summed E-state index contributed by atoms with van der Waals surface area (Å²) in [6, 6.07) is 9.11. The zero-order valence-electron chi connectivity index (χ0n) is 12.0. The van der Waals surface area contributed by atoms with Crippen molar-refractivity contribution in [3.8, 4) is 17.0 Å². The summed E-state index contributed by atoms with van der Waals surface area (Å²) >= 11 is 0. The molecular weight excluding hydrogens is 254 g/mol. The summed E-state index contributed by atoms with van der Waals surface area (Å²) < 4.78 is 6.98. The van der Waals surface area contributed by atoms with Gasteiger partial charge in [-0.1, -0.05) is 6.92 Å². The second kappa shape index (κ2) is 5.82. The number of ether oxygens (including phenoxy) is 1. The van der Waals surface area contributed by atoms with Crippen LogP contribution < -0.4 is 4.74 Å². The molecule has 4 heteroatoms. The van der Waals surface area contributed by atoms with Crippen LogP contribution in [-0.4, -0.2) is 22.8 Å². The number of aromatic nitrogens is 1. The van der Waals surface area contributed by atoms with Crippen molar-refractivity contribution in [2.24, 2.45) is 0 Å². The fraction of sp³-hybridized carbons (Fsp3) is 0.312. The van der Waals surface area contributed by atoms with Gasteiger partial charge in [-0.15, -0.1) is 0 Å². The average molecular weight is 273 g/mol. The van der Waals surface area contributed by atoms with Gasteiger partial charge in [0.05, 0.1) is 7.11 Å². The lowest BCUT2D eigenvalue weighted by Crippen LogP contribution is -2.18. The van der Waals surface area contributed by atoms with E-state index in [0.717, 1.165) is 22.6 Å². The van der Waals surface area contributed by atoms with Crippen LogP contribution in [0, 0.1) is 6.92 Å². The largest absolute Gasteiger partial charge is 0.497 e. The Bertz CT molecular complexity index is 599. The highest BCUT2D eigenvalue weighted by Gasteiger charge is 2.20. The lowest BCUT2D eigenvalue weighted by molar-refractivity contribution is -0.140. The third-order valence-electron chi connectivity index (χ3n) is 3.38. The monoisotopic (exact) mass is 273 g/mol. The molecule has 0 amide bonds. The Kier molecular flexibility index (Phi) is 4.13. The van der Waals surface area contributed by atoms with Crippen molar-refractivity contribution in [2.45, 2.75) is 26.3 Å². The van der Waals surface area contributed by atoms with Crippen LogP contribution in [0.1, 0.15) is 24.9 Å². The van der Waals surface area contributed by atoms with Crippen molar-refractivity contribution in [1.29, 1.82) is 0 Å². The summed E-state index contributed by atoms with van der Waals surface area (Å²) in [7, 11) is 1.62. The van der Waals surface area contributed by atoms with Crippen LogP contribution in [0.4, 0.5) is 0 Å². The van der Waals surface area contributed by atoms with Crippen LogP contribution in [0.3, 0.4) is 0 Å². The second-order valence-electron chi connectivity index (χ2n) is 4.80. The van der Waals surface area contributed by atoms with Gasteiger partial charge in [-0.3, -0.25) is 0 Å². The van der Waals surface area contributed by atoms with Gasteiger partial charge in [0.2, 0.25) is 0 Å². The standard InChI is InChI=1S/C16H19NO3/c1-4-14(16(18)19)17-10-11(2)9-15(17)12-5-7-13(20-3)8-6-12/h5-10,14H,4H2,1-3H3,(H,18,19). The Balaban J connectivity index is 2.47. The first kappa shape index (κ1) is 14.2. The van der Waals surface area contributed by atoms with Gasteiger partial charge in [0.15, 0.2) is 0 Å². The van der Waals surface area contributed by atoms with Crippen molar-refractivity contribution in [3.05, 3.63) is 42.1 Å². The number of hydrogen-bond acceptors (Lipinski definition) is 2. The molecule has 0 aliphatic heterocycles. The molecule has 0 radical (unpaired) electrons. The number of aliphatic carboxylic acids is 1. The first-order chi connectivity index (χ1) is 9.56. The van der Waals surface area contributed by atoms with Crippen molar-refractivity contribution in [1.82, 2.24) is 4.57 Å². The summed E-state index contributed by atoms with van der Waals surface area (Å²) in [6.07, 6.45) is 2.44. The molecule has 0 saturated carbocycles. The summed E-state index contributed by atoms with van der Waals surface area (Å²) in [5.41, 5.74) is 2.95. The number of hydrogen-bond donors (Lipinski definition) is 1. The number of carbonyl (C=O) groups is 1. The predicted octanol–water partition coefficient (Wildman–Crippen LogP) is 3.51. The van der Waals surface area contributed by atoms with Gasteiger partial charge in [-0.25, -0.2) is 4.79 Å². The fourth-order valence-electron chi connectivity index (χ4n) is 2.36. The lowest BCUT2D eigenvalue weighted by Gasteiger charge is -2.16. The van der Waals surface area contributed by atoms with Gasteiger partial charge in [0.1, 0.15) is 11.8 Å². The summed E-state index contributed by atoms with van der Waals surface area (Å²) in [6.45, 7) is 3.85. The van der Waals surface area contributed by atoms with Crippen LogP contribution in [-0.2, 0) is 4.79 Å². The lowest BCUT2D eigenvalue weighted by atomic mass is 10.1. The number of methoxy groups -OCH3 is 1. The molecule has 0 aliphatic rings. The normalized spacial score (nSPS) is 12.2. The molecule has 1 unspecified atom stereocenters. The van der Waals surface area contributed by atoms with Gasteiger partial charge in [0.25, 0.3) is 0 Å². The van der Waals surface area contributed by atoms with Crippen LogP contribution in [0.15, 0.2) is 36.5 Å². The zero-order chi connectivity index (χ0) is 14.7. The van der Waals surface area contributed by atoms with E-state index < -0.39 is 12.0 Å². The second-order valence-corrected chi connectivity index (χ2v) is 4.80. The first-order valence-electron chi connectivity index (χ1n) is 6.62. The summed E-state index contributed by atoms with van der Waals surface area (Å²) in [5, 5.41) is 9.35. The van der Waals surface area contributed by atoms with E-state index in [1.54, 1.807) is 7.11 Å².